The second kappa shape index (κ2) is 5.30. The SMILES string of the molecule is Cc1ccc(C(N)=O)cc1NC(=O)c1ccccn1. The molecule has 1 aromatic heterocycles. The normalized spacial score (nSPS) is 9.95. The lowest BCUT2D eigenvalue weighted by atomic mass is 10.1. The van der Waals surface area contributed by atoms with Crippen molar-refractivity contribution in [3.63, 3.8) is 0 Å². The van der Waals surface area contributed by atoms with E-state index in [1.807, 2.05) is 6.92 Å². The number of anilines is 1. The van der Waals surface area contributed by atoms with Crippen LogP contribution in [0.2, 0.25) is 0 Å². The Kier molecular flexibility index (Phi) is 3.56. The number of aryl methyl sites for hydroxylation is 1. The third kappa shape index (κ3) is 2.95. The van der Waals surface area contributed by atoms with Crippen molar-refractivity contribution in [3.8, 4) is 0 Å². The fourth-order valence-electron chi connectivity index (χ4n) is 1.59. The summed E-state index contributed by atoms with van der Waals surface area (Å²) in [6.07, 6.45) is 1.54. The first kappa shape index (κ1) is 12.8. The highest BCUT2D eigenvalue weighted by atomic mass is 16.2. The number of benzene rings is 1. The maximum Gasteiger partial charge on any atom is 0.274 e. The van der Waals surface area contributed by atoms with Crippen molar-refractivity contribution in [2.45, 2.75) is 6.92 Å². The Bertz CT molecular complexity index is 624. The van der Waals surface area contributed by atoms with Crippen LogP contribution in [-0.2, 0) is 0 Å². The standard InChI is InChI=1S/C14H13N3O2/c1-9-5-6-10(13(15)18)8-12(9)17-14(19)11-4-2-3-7-16-11/h2-8H,1H3,(H2,15,18)(H,17,19). The van der Waals surface area contributed by atoms with Crippen LogP contribution in [0.5, 0.6) is 0 Å². The third-order valence-corrected chi connectivity index (χ3v) is 2.67. The molecule has 0 saturated heterocycles. The first-order valence-electron chi connectivity index (χ1n) is 5.71. The predicted octanol–water partition coefficient (Wildman–Crippen LogP) is 1.74. The molecule has 2 rings (SSSR count). The zero-order valence-corrected chi connectivity index (χ0v) is 10.4. The molecular formula is C14H13N3O2. The first-order chi connectivity index (χ1) is 9.08. The van der Waals surface area contributed by atoms with Crippen molar-refractivity contribution in [2.24, 2.45) is 5.73 Å². The smallest absolute Gasteiger partial charge is 0.274 e. The van der Waals surface area contributed by atoms with Crippen LogP contribution in [0.3, 0.4) is 0 Å². The summed E-state index contributed by atoms with van der Waals surface area (Å²) in [4.78, 5) is 27.0. The summed E-state index contributed by atoms with van der Waals surface area (Å²) in [5, 5.41) is 2.71. The van der Waals surface area contributed by atoms with E-state index < -0.39 is 5.91 Å². The van der Waals surface area contributed by atoms with Crippen molar-refractivity contribution in [3.05, 3.63) is 59.4 Å². The molecule has 0 saturated carbocycles. The number of amides is 2. The number of hydrogen-bond donors (Lipinski definition) is 2. The number of primary amides is 1. The lowest BCUT2D eigenvalue weighted by molar-refractivity contribution is 0.0995. The summed E-state index contributed by atoms with van der Waals surface area (Å²) in [7, 11) is 0. The number of nitrogens with two attached hydrogens (primary N) is 1. The second-order valence-electron chi connectivity index (χ2n) is 4.06. The molecule has 96 valence electrons. The van der Waals surface area contributed by atoms with Crippen LogP contribution >= 0.6 is 0 Å². The molecule has 0 aliphatic carbocycles. The summed E-state index contributed by atoms with van der Waals surface area (Å²) >= 11 is 0. The maximum atomic E-state index is 12.0. The Balaban J connectivity index is 2.26. The quantitative estimate of drug-likeness (QED) is 0.876. The lowest BCUT2D eigenvalue weighted by Crippen LogP contribution is -2.16. The van der Waals surface area contributed by atoms with Gasteiger partial charge in [-0.2, -0.15) is 0 Å². The van der Waals surface area contributed by atoms with Crippen LogP contribution < -0.4 is 11.1 Å². The molecule has 1 aromatic carbocycles. The van der Waals surface area contributed by atoms with E-state index in [4.69, 9.17) is 5.73 Å². The maximum absolute atomic E-state index is 12.0. The molecule has 5 nitrogen and oxygen atoms in total. The fourth-order valence-corrected chi connectivity index (χ4v) is 1.59. The van der Waals surface area contributed by atoms with Crippen LogP contribution in [0.15, 0.2) is 42.6 Å². The summed E-state index contributed by atoms with van der Waals surface area (Å²) in [5.74, 6) is -0.862. The van der Waals surface area contributed by atoms with Crippen LogP contribution in [0.25, 0.3) is 0 Å². The number of nitrogens with one attached hydrogen (secondary N) is 1. The van der Waals surface area contributed by atoms with Gasteiger partial charge >= 0.3 is 0 Å². The molecule has 0 unspecified atom stereocenters. The van der Waals surface area contributed by atoms with Crippen LogP contribution in [-0.4, -0.2) is 16.8 Å². The van der Waals surface area contributed by atoms with E-state index in [1.165, 1.54) is 0 Å². The number of rotatable bonds is 3. The topological polar surface area (TPSA) is 85.1 Å². The molecule has 0 spiro atoms. The number of carbonyl (C=O) groups is 2. The molecule has 5 heteroatoms. The van der Waals surface area contributed by atoms with Gasteiger partial charge in [0.15, 0.2) is 0 Å². The van der Waals surface area contributed by atoms with Crippen molar-refractivity contribution in [2.75, 3.05) is 5.32 Å². The van der Waals surface area contributed by atoms with Crippen molar-refractivity contribution >= 4 is 17.5 Å². The highest BCUT2D eigenvalue weighted by Crippen LogP contribution is 2.17. The van der Waals surface area contributed by atoms with Gasteiger partial charge in [0, 0.05) is 17.4 Å². The summed E-state index contributed by atoms with van der Waals surface area (Å²) in [6.45, 7) is 1.83. The van der Waals surface area contributed by atoms with Gasteiger partial charge in [0.25, 0.3) is 5.91 Å². The summed E-state index contributed by atoms with van der Waals surface area (Å²) in [6, 6.07) is 9.98. The van der Waals surface area contributed by atoms with E-state index in [0.29, 0.717) is 16.9 Å². The van der Waals surface area contributed by atoms with E-state index in [1.54, 1.807) is 42.6 Å². The van der Waals surface area contributed by atoms with Crippen molar-refractivity contribution in [1.82, 2.24) is 4.98 Å². The molecule has 2 aromatic rings. The zero-order chi connectivity index (χ0) is 13.8. The number of hydrogen-bond acceptors (Lipinski definition) is 3. The zero-order valence-electron chi connectivity index (χ0n) is 10.4. The van der Waals surface area contributed by atoms with E-state index in [0.717, 1.165) is 5.56 Å². The van der Waals surface area contributed by atoms with Gasteiger partial charge in [0.05, 0.1) is 0 Å². The van der Waals surface area contributed by atoms with Gasteiger partial charge in [-0.15, -0.1) is 0 Å². The Labute approximate surface area is 110 Å². The van der Waals surface area contributed by atoms with Gasteiger partial charge < -0.3 is 11.1 Å². The average Bonchev–Trinajstić information content (AvgIpc) is 2.42. The van der Waals surface area contributed by atoms with Crippen LogP contribution in [0.1, 0.15) is 26.4 Å². The molecule has 3 N–H and O–H groups in total. The molecule has 0 fully saturated rings. The minimum absolute atomic E-state index is 0.311. The highest BCUT2D eigenvalue weighted by molar-refractivity contribution is 6.04. The van der Waals surface area contributed by atoms with E-state index in [2.05, 4.69) is 10.3 Å². The Morgan fingerprint density at radius 2 is 2.00 bits per heavy atom. The molecule has 0 radical (unpaired) electrons. The molecule has 0 aliphatic heterocycles. The Morgan fingerprint density at radius 3 is 2.63 bits per heavy atom. The molecule has 19 heavy (non-hydrogen) atoms. The summed E-state index contributed by atoms with van der Waals surface area (Å²) in [5.41, 5.74) is 7.26. The van der Waals surface area contributed by atoms with Gasteiger partial charge in [-0.05, 0) is 36.8 Å². The van der Waals surface area contributed by atoms with Crippen molar-refractivity contribution < 1.29 is 9.59 Å². The molecule has 0 atom stereocenters. The van der Waals surface area contributed by atoms with Gasteiger partial charge in [0.1, 0.15) is 5.69 Å². The van der Waals surface area contributed by atoms with Gasteiger partial charge in [-0.1, -0.05) is 12.1 Å². The minimum atomic E-state index is -0.534. The Hall–Kier alpha value is -2.69. The minimum Gasteiger partial charge on any atom is -0.366 e. The molecular weight excluding hydrogens is 242 g/mol. The number of carbonyl (C=O) groups excluding carboxylic acids is 2. The second-order valence-corrected chi connectivity index (χ2v) is 4.06. The molecule has 1 heterocycles. The van der Waals surface area contributed by atoms with E-state index in [-0.39, 0.29) is 5.91 Å². The van der Waals surface area contributed by atoms with E-state index in [9.17, 15) is 9.59 Å². The number of pyridine rings is 1. The number of aromatic nitrogens is 1. The van der Waals surface area contributed by atoms with Gasteiger partial charge in [-0.3, -0.25) is 14.6 Å². The Morgan fingerprint density at radius 1 is 1.21 bits per heavy atom. The van der Waals surface area contributed by atoms with Crippen molar-refractivity contribution in [1.29, 1.82) is 0 Å². The summed E-state index contributed by atoms with van der Waals surface area (Å²) < 4.78 is 0. The largest absolute Gasteiger partial charge is 0.366 e. The molecule has 0 aliphatic rings. The molecule has 0 bridgehead atoms. The third-order valence-electron chi connectivity index (χ3n) is 2.67. The fraction of sp³-hybridized carbons (Fsp3) is 0.0714. The number of nitrogens with zero attached hydrogens (tertiary/aromatic N) is 1. The predicted molar refractivity (Wildman–Crippen MR) is 71.9 cm³/mol. The van der Waals surface area contributed by atoms with Gasteiger partial charge in [0.2, 0.25) is 5.91 Å². The van der Waals surface area contributed by atoms with Crippen LogP contribution in [0, 0.1) is 6.92 Å². The highest BCUT2D eigenvalue weighted by Gasteiger charge is 2.10. The first-order valence-corrected chi connectivity index (χ1v) is 5.71. The van der Waals surface area contributed by atoms with Gasteiger partial charge in [-0.25, -0.2) is 0 Å². The molecule has 2 amide bonds. The van der Waals surface area contributed by atoms with E-state index >= 15 is 0 Å². The monoisotopic (exact) mass is 255 g/mol. The average molecular weight is 255 g/mol. The van der Waals surface area contributed by atoms with Crippen LogP contribution in [0.4, 0.5) is 5.69 Å². The lowest BCUT2D eigenvalue weighted by Gasteiger charge is -2.09.